The normalized spacial score (nSPS) is 19.7. The summed E-state index contributed by atoms with van der Waals surface area (Å²) in [6.45, 7) is 2.12. The van der Waals surface area contributed by atoms with Gasteiger partial charge >= 0.3 is 5.97 Å². The van der Waals surface area contributed by atoms with Gasteiger partial charge in [-0.05, 0) is 25.5 Å². The number of hydrogen-bond donors (Lipinski definition) is 2. The average Bonchev–Trinajstić information content (AvgIpc) is 3.21. The molecule has 0 radical (unpaired) electrons. The highest BCUT2D eigenvalue weighted by Crippen LogP contribution is 2.40. The van der Waals surface area contributed by atoms with Crippen molar-refractivity contribution in [2.45, 2.75) is 13.3 Å². The minimum absolute atomic E-state index is 0.0319. The van der Waals surface area contributed by atoms with Gasteiger partial charge in [-0.2, -0.15) is 0 Å². The fourth-order valence-electron chi connectivity index (χ4n) is 2.01. The number of carbonyl (C=O) groups excluding carboxylic acids is 1. The van der Waals surface area contributed by atoms with Crippen molar-refractivity contribution in [3.8, 4) is 5.75 Å². The second-order valence-electron chi connectivity index (χ2n) is 4.65. The number of carbonyl (C=O) groups is 2. The highest BCUT2D eigenvalue weighted by Gasteiger charge is 2.48. The van der Waals surface area contributed by atoms with E-state index in [1.165, 1.54) is 18.2 Å². The molecule has 1 aliphatic carbocycles. The minimum atomic E-state index is -1.03. The van der Waals surface area contributed by atoms with Crippen LogP contribution in [0.15, 0.2) is 18.2 Å². The first-order valence-electron chi connectivity index (χ1n) is 6.39. The van der Waals surface area contributed by atoms with Crippen molar-refractivity contribution in [2.75, 3.05) is 11.9 Å². The molecule has 0 saturated heterocycles. The van der Waals surface area contributed by atoms with Crippen molar-refractivity contribution in [1.29, 1.82) is 0 Å². The second kappa shape index (κ2) is 5.78. The minimum Gasteiger partial charge on any atom is -0.494 e. The molecule has 1 aliphatic rings. The van der Waals surface area contributed by atoms with E-state index >= 15 is 0 Å². The van der Waals surface area contributed by atoms with Crippen LogP contribution in [-0.2, 0) is 9.59 Å². The smallest absolute Gasteiger partial charge is 0.307 e. The van der Waals surface area contributed by atoms with Crippen molar-refractivity contribution in [3.63, 3.8) is 0 Å². The van der Waals surface area contributed by atoms with Crippen LogP contribution in [0.1, 0.15) is 13.3 Å². The molecule has 21 heavy (non-hydrogen) atoms. The van der Waals surface area contributed by atoms with Crippen molar-refractivity contribution >= 4 is 23.3 Å². The Balaban J connectivity index is 2.14. The molecule has 2 rings (SSSR count). The van der Waals surface area contributed by atoms with Gasteiger partial charge in [0.1, 0.15) is 11.4 Å². The summed E-state index contributed by atoms with van der Waals surface area (Å²) in [6.07, 6.45) is 0.256. The van der Waals surface area contributed by atoms with E-state index in [1.807, 2.05) is 0 Å². The molecular formula is C13H14N2O6. The molecule has 0 heterocycles. The molecule has 1 fully saturated rings. The van der Waals surface area contributed by atoms with Crippen LogP contribution in [0, 0.1) is 22.0 Å². The number of ether oxygens (including phenoxy) is 1. The van der Waals surface area contributed by atoms with Gasteiger partial charge in [-0.25, -0.2) is 0 Å². The lowest BCUT2D eigenvalue weighted by atomic mass is 10.2. The van der Waals surface area contributed by atoms with Gasteiger partial charge in [0.05, 0.1) is 29.4 Å². The molecule has 2 atom stereocenters. The lowest BCUT2D eigenvalue weighted by Gasteiger charge is -2.08. The van der Waals surface area contributed by atoms with Gasteiger partial charge in [0.2, 0.25) is 5.91 Å². The highest BCUT2D eigenvalue weighted by atomic mass is 16.6. The van der Waals surface area contributed by atoms with Crippen molar-refractivity contribution in [2.24, 2.45) is 11.8 Å². The topological polar surface area (TPSA) is 119 Å². The van der Waals surface area contributed by atoms with Crippen LogP contribution in [0.3, 0.4) is 0 Å². The van der Waals surface area contributed by atoms with E-state index in [-0.39, 0.29) is 17.8 Å². The maximum atomic E-state index is 11.8. The molecular weight excluding hydrogens is 280 g/mol. The third-order valence-electron chi connectivity index (χ3n) is 3.18. The average molecular weight is 294 g/mol. The molecule has 8 nitrogen and oxygen atoms in total. The van der Waals surface area contributed by atoms with Crippen LogP contribution in [0.2, 0.25) is 0 Å². The third kappa shape index (κ3) is 3.28. The number of anilines is 1. The standard InChI is InChI=1S/C13H14N2O6/c1-2-21-7-3-4-10(11(5-7)15(19)20)14-12(16)8-6-9(8)13(17)18/h3-5,8-9H,2,6H2,1H3,(H,14,16)(H,17,18). The van der Waals surface area contributed by atoms with Gasteiger partial charge in [-0.3, -0.25) is 19.7 Å². The maximum absolute atomic E-state index is 11.8. The Kier molecular flexibility index (Phi) is 4.06. The number of rotatable bonds is 6. The fourth-order valence-corrected chi connectivity index (χ4v) is 2.01. The van der Waals surface area contributed by atoms with Gasteiger partial charge < -0.3 is 15.2 Å². The lowest BCUT2D eigenvalue weighted by molar-refractivity contribution is -0.384. The van der Waals surface area contributed by atoms with Gasteiger partial charge in [-0.1, -0.05) is 0 Å². The molecule has 1 amide bonds. The zero-order chi connectivity index (χ0) is 15.6. The van der Waals surface area contributed by atoms with Crippen LogP contribution in [0.4, 0.5) is 11.4 Å². The number of carboxylic acids is 1. The summed E-state index contributed by atoms with van der Waals surface area (Å²) in [5, 5.41) is 22.2. The Bertz CT molecular complexity index is 600. The first-order valence-corrected chi connectivity index (χ1v) is 6.39. The van der Waals surface area contributed by atoms with Crippen molar-refractivity contribution in [1.82, 2.24) is 0 Å². The van der Waals surface area contributed by atoms with Gasteiger partial charge in [0.25, 0.3) is 5.69 Å². The van der Waals surface area contributed by atoms with Crippen LogP contribution < -0.4 is 10.1 Å². The van der Waals surface area contributed by atoms with Crippen LogP contribution >= 0.6 is 0 Å². The summed E-state index contributed by atoms with van der Waals surface area (Å²) in [7, 11) is 0. The largest absolute Gasteiger partial charge is 0.494 e. The number of hydrogen-bond acceptors (Lipinski definition) is 5. The predicted molar refractivity (Wildman–Crippen MR) is 72.1 cm³/mol. The fraction of sp³-hybridized carbons (Fsp3) is 0.385. The molecule has 8 heteroatoms. The van der Waals surface area contributed by atoms with Crippen LogP contribution in [-0.4, -0.2) is 28.5 Å². The van der Waals surface area contributed by atoms with Crippen molar-refractivity contribution in [3.05, 3.63) is 28.3 Å². The first-order chi connectivity index (χ1) is 9.93. The van der Waals surface area contributed by atoms with Crippen LogP contribution in [0.5, 0.6) is 5.75 Å². The molecule has 0 bridgehead atoms. The van der Waals surface area contributed by atoms with Gasteiger partial charge in [-0.15, -0.1) is 0 Å². The molecule has 0 spiro atoms. The molecule has 2 N–H and O–H groups in total. The summed E-state index contributed by atoms with van der Waals surface area (Å²) >= 11 is 0. The molecule has 0 aliphatic heterocycles. The van der Waals surface area contributed by atoms with E-state index in [4.69, 9.17) is 9.84 Å². The van der Waals surface area contributed by atoms with Crippen molar-refractivity contribution < 1.29 is 24.4 Å². The Hall–Kier alpha value is -2.64. The van der Waals surface area contributed by atoms with E-state index in [9.17, 15) is 19.7 Å². The van der Waals surface area contributed by atoms with E-state index < -0.39 is 28.6 Å². The zero-order valence-corrected chi connectivity index (χ0v) is 11.2. The predicted octanol–water partition coefficient (Wildman–Crippen LogP) is 1.65. The van der Waals surface area contributed by atoms with E-state index in [2.05, 4.69) is 5.32 Å². The molecule has 1 aromatic rings. The number of benzene rings is 1. The summed E-state index contributed by atoms with van der Waals surface area (Å²) in [6, 6.07) is 4.10. The van der Waals surface area contributed by atoms with E-state index in [1.54, 1.807) is 6.92 Å². The number of nitrogens with zero attached hydrogens (tertiary/aromatic N) is 1. The maximum Gasteiger partial charge on any atom is 0.307 e. The number of carboxylic acid groups (broad SMARTS) is 1. The Morgan fingerprint density at radius 2 is 2.19 bits per heavy atom. The number of aliphatic carboxylic acids is 1. The molecule has 112 valence electrons. The van der Waals surface area contributed by atoms with Gasteiger partial charge in [0, 0.05) is 0 Å². The Labute approximate surface area is 119 Å². The molecule has 2 unspecified atom stereocenters. The lowest BCUT2D eigenvalue weighted by Crippen LogP contribution is -2.17. The van der Waals surface area contributed by atoms with E-state index in [0.717, 1.165) is 0 Å². The number of nitrogens with one attached hydrogen (secondary N) is 1. The molecule has 0 aromatic heterocycles. The summed E-state index contributed by atoms with van der Waals surface area (Å²) in [4.78, 5) is 33.0. The van der Waals surface area contributed by atoms with Crippen LogP contribution in [0.25, 0.3) is 0 Å². The SMILES string of the molecule is CCOc1ccc(NC(=O)C2CC2C(=O)O)c([N+](=O)[O-])c1. The Morgan fingerprint density at radius 3 is 2.71 bits per heavy atom. The monoisotopic (exact) mass is 294 g/mol. The summed E-state index contributed by atoms with van der Waals surface area (Å²) in [5.74, 6) is -2.55. The summed E-state index contributed by atoms with van der Waals surface area (Å²) < 4.78 is 5.17. The first kappa shape index (κ1) is 14.8. The van der Waals surface area contributed by atoms with Gasteiger partial charge in [0.15, 0.2) is 0 Å². The number of nitro benzene ring substituents is 1. The second-order valence-corrected chi connectivity index (χ2v) is 4.65. The van der Waals surface area contributed by atoms with E-state index in [0.29, 0.717) is 12.4 Å². The zero-order valence-electron chi connectivity index (χ0n) is 11.2. The Morgan fingerprint density at radius 1 is 1.48 bits per heavy atom. The highest BCUT2D eigenvalue weighted by molar-refractivity contribution is 5.99. The number of amides is 1. The summed E-state index contributed by atoms with van der Waals surface area (Å²) in [5.41, 5.74) is -0.258. The molecule has 1 aromatic carbocycles. The molecule has 1 saturated carbocycles. The number of nitro groups is 1. The third-order valence-corrected chi connectivity index (χ3v) is 3.18. The quantitative estimate of drug-likeness (QED) is 0.608.